The van der Waals surface area contributed by atoms with Gasteiger partial charge in [0.15, 0.2) is 6.04 Å². The Morgan fingerprint density at radius 3 is 2.89 bits per heavy atom. The zero-order valence-corrected chi connectivity index (χ0v) is 10.5. The number of fused-ring (bicyclic) bond motifs is 1. The lowest BCUT2D eigenvalue weighted by Crippen LogP contribution is -2.45. The normalized spacial score (nSPS) is 12.1. The molecule has 7 nitrogen and oxygen atoms in total. The summed E-state index contributed by atoms with van der Waals surface area (Å²) in [5, 5.41) is 22.1. The molecule has 1 atom stereocenters. The van der Waals surface area contributed by atoms with Gasteiger partial charge in [0.1, 0.15) is 0 Å². The van der Waals surface area contributed by atoms with Crippen molar-refractivity contribution >= 4 is 39.2 Å². The van der Waals surface area contributed by atoms with Crippen LogP contribution in [0.3, 0.4) is 0 Å². The number of carboxylic acids is 1. The number of aliphatic carboxylic acids is 1. The van der Waals surface area contributed by atoms with Crippen LogP contribution in [0.5, 0.6) is 0 Å². The van der Waals surface area contributed by atoms with Crippen molar-refractivity contribution in [1.29, 1.82) is 0 Å². The minimum absolute atomic E-state index is 0.524. The number of carbonyl (C=O) groups is 2. The van der Waals surface area contributed by atoms with Gasteiger partial charge in [0.2, 0.25) is 0 Å². The monoisotopic (exact) mass is 281 g/mol. The van der Waals surface area contributed by atoms with Crippen molar-refractivity contribution in [3.05, 3.63) is 23.7 Å². The van der Waals surface area contributed by atoms with E-state index in [-0.39, 0.29) is 0 Å². The molecular formula is C11H11N3O4S. The van der Waals surface area contributed by atoms with Gasteiger partial charge in [-0.25, -0.2) is 14.6 Å². The fourth-order valence-electron chi connectivity index (χ4n) is 1.44. The minimum Gasteiger partial charge on any atom is -0.480 e. The number of thiazole rings is 1. The van der Waals surface area contributed by atoms with Crippen LogP contribution in [0.4, 0.5) is 10.5 Å². The number of carbonyl (C=O) groups excluding carboxylic acids is 1. The molecule has 0 saturated heterocycles. The summed E-state index contributed by atoms with van der Waals surface area (Å²) >= 11 is 1.43. The number of nitrogens with one attached hydrogen (secondary N) is 2. The summed E-state index contributed by atoms with van der Waals surface area (Å²) < 4.78 is 0.912. The standard InChI is InChI=1S/C11H11N3O4S/c15-4-8(10(16)17)14-11(18)13-6-1-2-7-9(3-6)19-5-12-7/h1-3,5,8,15H,4H2,(H,16,17)(H2,13,14,18). The molecule has 1 aromatic carbocycles. The molecule has 1 heterocycles. The van der Waals surface area contributed by atoms with Crippen molar-refractivity contribution in [1.82, 2.24) is 10.3 Å². The topological polar surface area (TPSA) is 112 Å². The number of rotatable bonds is 4. The molecule has 0 radical (unpaired) electrons. The molecular weight excluding hydrogens is 270 g/mol. The van der Waals surface area contributed by atoms with Crippen LogP contribution < -0.4 is 10.6 Å². The summed E-state index contributed by atoms with van der Waals surface area (Å²) in [5.74, 6) is -1.30. The second-order valence-electron chi connectivity index (χ2n) is 3.71. The summed E-state index contributed by atoms with van der Waals surface area (Å²) in [6, 6.07) is 3.14. The first-order valence-corrected chi connectivity index (χ1v) is 6.22. The van der Waals surface area contributed by atoms with E-state index in [1.807, 2.05) is 0 Å². The number of hydrogen-bond acceptors (Lipinski definition) is 5. The highest BCUT2D eigenvalue weighted by molar-refractivity contribution is 7.16. The molecule has 4 N–H and O–H groups in total. The summed E-state index contributed by atoms with van der Waals surface area (Å²) in [7, 11) is 0. The predicted octanol–water partition coefficient (Wildman–Crippen LogP) is 0.863. The van der Waals surface area contributed by atoms with Gasteiger partial charge in [0.25, 0.3) is 0 Å². The summed E-state index contributed by atoms with van der Waals surface area (Å²) in [5.41, 5.74) is 3.05. The second-order valence-corrected chi connectivity index (χ2v) is 4.59. The third kappa shape index (κ3) is 3.18. The number of hydrogen-bond donors (Lipinski definition) is 4. The van der Waals surface area contributed by atoms with Gasteiger partial charge in [-0.2, -0.15) is 0 Å². The molecule has 0 aliphatic carbocycles. The average molecular weight is 281 g/mol. The number of nitrogens with zero attached hydrogens (tertiary/aromatic N) is 1. The van der Waals surface area contributed by atoms with Gasteiger partial charge in [-0.05, 0) is 18.2 Å². The minimum atomic E-state index is -1.33. The van der Waals surface area contributed by atoms with Crippen molar-refractivity contribution in [2.45, 2.75) is 6.04 Å². The molecule has 0 bridgehead atoms. The van der Waals surface area contributed by atoms with E-state index in [9.17, 15) is 9.59 Å². The Hall–Kier alpha value is -2.19. The number of carboxylic acid groups (broad SMARTS) is 1. The van der Waals surface area contributed by atoms with E-state index in [4.69, 9.17) is 10.2 Å². The lowest BCUT2D eigenvalue weighted by Gasteiger charge is -2.12. The van der Waals surface area contributed by atoms with Gasteiger partial charge in [-0.1, -0.05) is 0 Å². The first-order valence-electron chi connectivity index (χ1n) is 5.34. The molecule has 2 aromatic rings. The molecule has 0 saturated carbocycles. The summed E-state index contributed by atoms with van der Waals surface area (Å²) in [4.78, 5) is 26.3. The van der Waals surface area contributed by atoms with Crippen molar-refractivity contribution in [3.8, 4) is 0 Å². The first-order chi connectivity index (χ1) is 9.10. The van der Waals surface area contributed by atoms with Crippen LogP contribution in [0.1, 0.15) is 0 Å². The fourth-order valence-corrected chi connectivity index (χ4v) is 2.16. The SMILES string of the molecule is O=C(Nc1ccc2ncsc2c1)NC(CO)C(=O)O. The zero-order valence-electron chi connectivity index (χ0n) is 9.66. The maximum Gasteiger partial charge on any atom is 0.328 e. The van der Waals surface area contributed by atoms with Gasteiger partial charge in [-0.15, -0.1) is 11.3 Å². The van der Waals surface area contributed by atoms with Crippen LogP contribution in [0, 0.1) is 0 Å². The maximum atomic E-state index is 11.6. The highest BCUT2D eigenvalue weighted by Crippen LogP contribution is 2.21. The van der Waals surface area contributed by atoms with E-state index in [1.54, 1.807) is 23.7 Å². The highest BCUT2D eigenvalue weighted by atomic mass is 32.1. The third-order valence-electron chi connectivity index (χ3n) is 2.38. The quantitative estimate of drug-likeness (QED) is 0.664. The Kier molecular flexibility index (Phi) is 3.93. The van der Waals surface area contributed by atoms with Crippen LogP contribution in [-0.2, 0) is 4.79 Å². The van der Waals surface area contributed by atoms with Crippen LogP contribution >= 0.6 is 11.3 Å². The van der Waals surface area contributed by atoms with E-state index >= 15 is 0 Å². The van der Waals surface area contributed by atoms with E-state index in [0.29, 0.717) is 5.69 Å². The number of urea groups is 1. The Balaban J connectivity index is 2.03. The molecule has 0 fully saturated rings. The van der Waals surface area contributed by atoms with Crippen molar-refractivity contribution in [3.63, 3.8) is 0 Å². The van der Waals surface area contributed by atoms with E-state index in [0.717, 1.165) is 10.2 Å². The van der Waals surface area contributed by atoms with Crippen molar-refractivity contribution in [2.75, 3.05) is 11.9 Å². The highest BCUT2D eigenvalue weighted by Gasteiger charge is 2.18. The Labute approximate surface area is 111 Å². The zero-order chi connectivity index (χ0) is 13.8. The molecule has 0 aliphatic rings. The number of amides is 2. The van der Waals surface area contributed by atoms with Crippen LogP contribution in [0.2, 0.25) is 0 Å². The molecule has 8 heteroatoms. The van der Waals surface area contributed by atoms with Crippen LogP contribution in [0.25, 0.3) is 10.2 Å². The molecule has 100 valence electrons. The number of aliphatic hydroxyl groups excluding tert-OH is 1. The van der Waals surface area contributed by atoms with Crippen LogP contribution in [0.15, 0.2) is 23.7 Å². The maximum absolute atomic E-state index is 11.6. The average Bonchev–Trinajstić information content (AvgIpc) is 2.82. The Morgan fingerprint density at radius 1 is 1.42 bits per heavy atom. The van der Waals surface area contributed by atoms with Gasteiger partial charge < -0.3 is 20.8 Å². The van der Waals surface area contributed by atoms with Gasteiger partial charge in [0, 0.05) is 5.69 Å². The van der Waals surface area contributed by atoms with E-state index < -0.39 is 24.6 Å². The summed E-state index contributed by atoms with van der Waals surface area (Å²) in [6.07, 6.45) is 0. The smallest absolute Gasteiger partial charge is 0.328 e. The Bertz CT molecular complexity index is 613. The van der Waals surface area contributed by atoms with Gasteiger partial charge in [-0.3, -0.25) is 0 Å². The fraction of sp³-hybridized carbons (Fsp3) is 0.182. The molecule has 0 aliphatic heterocycles. The van der Waals surface area contributed by atoms with Crippen molar-refractivity contribution in [2.24, 2.45) is 0 Å². The Morgan fingerprint density at radius 2 is 2.21 bits per heavy atom. The number of anilines is 1. The largest absolute Gasteiger partial charge is 0.480 e. The van der Waals surface area contributed by atoms with Crippen LogP contribution in [-0.4, -0.2) is 39.8 Å². The number of aromatic nitrogens is 1. The number of aliphatic hydroxyl groups is 1. The molecule has 19 heavy (non-hydrogen) atoms. The molecule has 2 amide bonds. The summed E-state index contributed by atoms with van der Waals surface area (Å²) in [6.45, 7) is -0.670. The first kappa shape index (κ1) is 13.2. The van der Waals surface area contributed by atoms with E-state index in [2.05, 4.69) is 15.6 Å². The molecule has 1 aromatic heterocycles. The third-order valence-corrected chi connectivity index (χ3v) is 3.17. The molecule has 2 rings (SSSR count). The lowest BCUT2D eigenvalue weighted by molar-refractivity contribution is -0.140. The molecule has 0 spiro atoms. The molecule has 1 unspecified atom stereocenters. The van der Waals surface area contributed by atoms with Gasteiger partial charge >= 0.3 is 12.0 Å². The predicted molar refractivity (Wildman–Crippen MR) is 70.3 cm³/mol. The van der Waals surface area contributed by atoms with E-state index in [1.165, 1.54) is 11.3 Å². The number of benzene rings is 1. The lowest BCUT2D eigenvalue weighted by atomic mass is 10.3. The second kappa shape index (κ2) is 5.63. The van der Waals surface area contributed by atoms with Crippen molar-refractivity contribution < 1.29 is 19.8 Å². The van der Waals surface area contributed by atoms with Gasteiger partial charge in [0.05, 0.1) is 22.3 Å².